The van der Waals surface area contributed by atoms with Crippen molar-refractivity contribution in [2.45, 2.75) is 97.1 Å². The van der Waals surface area contributed by atoms with Crippen molar-refractivity contribution in [3.8, 4) is 0 Å². The van der Waals surface area contributed by atoms with Crippen molar-refractivity contribution in [1.29, 1.82) is 0 Å². The number of carbonyl (C=O) groups is 4. The summed E-state index contributed by atoms with van der Waals surface area (Å²) in [6.45, 7) is 12.1. The normalized spacial score (nSPS) is 27.2. The number of amides is 4. The monoisotopic (exact) mass is 598 g/mol. The summed E-state index contributed by atoms with van der Waals surface area (Å²) in [6.07, 6.45) is 2.08. The van der Waals surface area contributed by atoms with E-state index in [-0.39, 0.29) is 41.8 Å². The Hall–Kier alpha value is -3.12. The molecule has 4 unspecified atom stereocenters. The summed E-state index contributed by atoms with van der Waals surface area (Å²) in [7, 11) is 0.663. The van der Waals surface area contributed by atoms with Crippen LogP contribution in [-0.4, -0.2) is 74.3 Å². The quantitative estimate of drug-likeness (QED) is 0.271. The van der Waals surface area contributed by atoms with Crippen molar-refractivity contribution < 1.29 is 33.2 Å². The summed E-state index contributed by atoms with van der Waals surface area (Å²) in [4.78, 5) is 51.8. The van der Waals surface area contributed by atoms with Gasteiger partial charge in [-0.15, -0.1) is 0 Å². The van der Waals surface area contributed by atoms with E-state index in [1.807, 2.05) is 30.3 Å². The van der Waals surface area contributed by atoms with Crippen LogP contribution in [-0.2, 0) is 34.9 Å². The van der Waals surface area contributed by atoms with Crippen LogP contribution in [0, 0.1) is 23.2 Å². The third-order valence-electron chi connectivity index (χ3n) is 9.81. The Balaban J connectivity index is 1.37. The molecule has 0 spiro atoms. The van der Waals surface area contributed by atoms with E-state index in [0.717, 1.165) is 18.4 Å². The lowest BCUT2D eigenvalue weighted by molar-refractivity contribution is -0.199. The van der Waals surface area contributed by atoms with Crippen LogP contribution in [0.4, 0.5) is 4.79 Å². The van der Waals surface area contributed by atoms with Crippen LogP contribution in [0.1, 0.15) is 66.4 Å². The van der Waals surface area contributed by atoms with E-state index in [4.69, 9.17) is 9.31 Å². The highest BCUT2D eigenvalue weighted by Gasteiger charge is 2.67. The Morgan fingerprint density at radius 3 is 2.26 bits per heavy atom. The van der Waals surface area contributed by atoms with Crippen molar-refractivity contribution in [3.63, 3.8) is 0 Å². The Labute approximate surface area is 255 Å². The predicted molar refractivity (Wildman–Crippen MR) is 162 cm³/mol. The number of ether oxygens (including phenoxy) is 1. The van der Waals surface area contributed by atoms with Gasteiger partial charge in [-0.1, -0.05) is 65.0 Å². The molecule has 12 heteroatoms. The molecule has 4 fully saturated rings. The maximum absolute atomic E-state index is 13.5. The number of carbonyl (C=O) groups excluding carboxylic acids is 4. The van der Waals surface area contributed by atoms with E-state index in [9.17, 15) is 19.2 Å². The van der Waals surface area contributed by atoms with Crippen molar-refractivity contribution in [1.82, 2.24) is 21.3 Å². The smallest absolute Gasteiger partial charge is 0.453 e. The van der Waals surface area contributed by atoms with Crippen LogP contribution < -0.4 is 21.3 Å². The molecule has 1 heterocycles. The fourth-order valence-electron chi connectivity index (χ4n) is 7.01. The van der Waals surface area contributed by atoms with Gasteiger partial charge in [-0.3, -0.25) is 14.4 Å². The number of hydrogen-bond donors (Lipinski definition) is 4. The fraction of sp³-hybridized carbons (Fsp3) is 0.677. The summed E-state index contributed by atoms with van der Waals surface area (Å²) >= 11 is 0. The molecule has 1 saturated heterocycles. The predicted octanol–water partition coefficient (Wildman–Crippen LogP) is 2.37. The second-order valence-corrected chi connectivity index (χ2v) is 13.2. The molecule has 1 aliphatic heterocycles. The molecule has 3 aliphatic carbocycles. The molecular formula is C31H47BN4O7. The van der Waals surface area contributed by atoms with Crippen LogP contribution in [0.3, 0.4) is 0 Å². The van der Waals surface area contributed by atoms with Crippen LogP contribution in [0.2, 0.25) is 0 Å². The van der Waals surface area contributed by atoms with E-state index in [1.165, 1.54) is 7.11 Å². The van der Waals surface area contributed by atoms with Gasteiger partial charge in [0.05, 0.1) is 25.3 Å². The molecule has 0 aromatic heterocycles. The first-order valence-corrected chi connectivity index (χ1v) is 15.4. The van der Waals surface area contributed by atoms with Crippen molar-refractivity contribution in [2.24, 2.45) is 23.2 Å². The molecule has 43 heavy (non-hydrogen) atoms. The molecule has 4 N–H and O–H groups in total. The lowest BCUT2D eigenvalue weighted by Crippen LogP contribution is -2.65. The van der Waals surface area contributed by atoms with Gasteiger partial charge in [0.1, 0.15) is 18.1 Å². The number of rotatable bonds is 12. The van der Waals surface area contributed by atoms with Crippen LogP contribution in [0.15, 0.2) is 30.3 Å². The van der Waals surface area contributed by atoms with E-state index >= 15 is 0 Å². The SMILES string of the molecule is CCC(NC(=O)C(Cc1ccccc1)NC(=O)C(NC(=O)OC)C(C)C)C(=O)NCB1O[C@@H]2C[C@@H]3CC(C3(C)C)[C@]2(C)O1. The third kappa shape index (κ3) is 7.01. The average Bonchev–Trinajstić information content (AvgIpc) is 3.33. The molecule has 4 aliphatic rings. The summed E-state index contributed by atoms with van der Waals surface area (Å²) < 4.78 is 17.3. The summed E-state index contributed by atoms with van der Waals surface area (Å²) in [5, 5.41) is 11.0. The van der Waals surface area contributed by atoms with Crippen LogP contribution in [0.5, 0.6) is 0 Å². The van der Waals surface area contributed by atoms with Gasteiger partial charge in [-0.05, 0) is 54.9 Å². The molecular weight excluding hydrogens is 551 g/mol. The lowest BCUT2D eigenvalue weighted by atomic mass is 9.43. The summed E-state index contributed by atoms with van der Waals surface area (Å²) in [5.41, 5.74) is 0.681. The first-order valence-electron chi connectivity index (χ1n) is 15.4. The van der Waals surface area contributed by atoms with Crippen molar-refractivity contribution >= 4 is 30.9 Å². The topological polar surface area (TPSA) is 144 Å². The highest BCUT2D eigenvalue weighted by atomic mass is 16.7. The third-order valence-corrected chi connectivity index (χ3v) is 9.81. The first kappa shape index (κ1) is 32.8. The largest absolute Gasteiger partial charge is 0.478 e. The van der Waals surface area contributed by atoms with Gasteiger partial charge in [0.15, 0.2) is 0 Å². The Morgan fingerprint density at radius 1 is 0.977 bits per heavy atom. The standard InChI is InChI=1S/C31H47BN4O7/c1-8-21(26(37)33-17-32-42-24-16-20-15-23(30(20,4)5)31(24,6)43-32)34-27(38)22(14-19-12-10-9-11-13-19)35-28(39)25(18(2)3)36-29(40)41-7/h9-13,18,20-25H,8,14-17H2,1-7H3,(H,33,37)(H,34,38)(H,35,39)(H,36,40)/t20-,21?,22?,23?,24+,25?,31-/m0/s1. The van der Waals surface area contributed by atoms with Gasteiger partial charge in [0.2, 0.25) is 17.7 Å². The number of alkyl carbamates (subject to hydrolysis) is 1. The maximum Gasteiger partial charge on any atom is 0.478 e. The van der Waals surface area contributed by atoms with Gasteiger partial charge in [0.25, 0.3) is 0 Å². The van der Waals surface area contributed by atoms with Gasteiger partial charge >= 0.3 is 13.2 Å². The molecule has 1 aromatic rings. The zero-order valence-electron chi connectivity index (χ0n) is 26.4. The Morgan fingerprint density at radius 2 is 1.65 bits per heavy atom. The molecule has 2 bridgehead atoms. The number of methoxy groups -OCH3 is 1. The Kier molecular flexibility index (Phi) is 10.1. The minimum atomic E-state index is -0.989. The second kappa shape index (κ2) is 13.3. The fourth-order valence-corrected chi connectivity index (χ4v) is 7.01. The van der Waals surface area contributed by atoms with Gasteiger partial charge in [0, 0.05) is 6.42 Å². The zero-order valence-corrected chi connectivity index (χ0v) is 26.4. The van der Waals surface area contributed by atoms with E-state index < -0.39 is 43.2 Å². The molecule has 0 radical (unpaired) electrons. The van der Waals surface area contributed by atoms with Gasteiger partial charge in [-0.2, -0.15) is 0 Å². The first-order chi connectivity index (χ1) is 20.3. The van der Waals surface area contributed by atoms with Crippen LogP contribution >= 0.6 is 0 Å². The van der Waals surface area contributed by atoms with Gasteiger partial charge in [-0.25, -0.2) is 4.79 Å². The molecule has 1 aromatic carbocycles. The van der Waals surface area contributed by atoms with E-state index in [0.29, 0.717) is 18.3 Å². The zero-order chi connectivity index (χ0) is 31.5. The highest BCUT2D eigenvalue weighted by molar-refractivity contribution is 6.46. The number of benzene rings is 1. The molecule has 3 saturated carbocycles. The van der Waals surface area contributed by atoms with Crippen molar-refractivity contribution in [3.05, 3.63) is 35.9 Å². The maximum atomic E-state index is 13.5. The van der Waals surface area contributed by atoms with Crippen LogP contribution in [0.25, 0.3) is 0 Å². The lowest BCUT2D eigenvalue weighted by Gasteiger charge is -2.64. The number of nitrogens with one attached hydrogen (secondary N) is 4. The molecule has 11 nitrogen and oxygen atoms in total. The number of hydrogen-bond acceptors (Lipinski definition) is 7. The highest BCUT2D eigenvalue weighted by Crippen LogP contribution is 2.65. The summed E-state index contributed by atoms with van der Waals surface area (Å²) in [5.74, 6) is -0.610. The van der Waals surface area contributed by atoms with E-state index in [2.05, 4.69) is 46.8 Å². The summed E-state index contributed by atoms with van der Waals surface area (Å²) in [6, 6.07) is 6.52. The van der Waals surface area contributed by atoms with Gasteiger partial charge < -0.3 is 35.3 Å². The average molecular weight is 599 g/mol. The molecule has 7 atom stereocenters. The van der Waals surface area contributed by atoms with Crippen molar-refractivity contribution in [2.75, 3.05) is 13.6 Å². The molecule has 5 rings (SSSR count). The minimum absolute atomic E-state index is 0.0125. The molecule has 236 valence electrons. The second-order valence-electron chi connectivity index (χ2n) is 13.2. The Bertz CT molecular complexity index is 1180. The molecule has 4 amide bonds. The minimum Gasteiger partial charge on any atom is -0.453 e. The van der Waals surface area contributed by atoms with E-state index in [1.54, 1.807) is 20.8 Å².